The number of halogens is 1. The van der Waals surface area contributed by atoms with Crippen LogP contribution < -0.4 is 5.69 Å². The topological polar surface area (TPSA) is 68.9 Å². The van der Waals surface area contributed by atoms with Crippen molar-refractivity contribution in [2.45, 2.75) is 45.6 Å². The molecule has 1 heterocycles. The molecule has 1 aliphatic rings. The zero-order chi connectivity index (χ0) is 15.2. The van der Waals surface area contributed by atoms with Crippen molar-refractivity contribution in [3.05, 3.63) is 32.7 Å². The lowest BCUT2D eigenvalue weighted by Gasteiger charge is -2.41. The second kappa shape index (κ2) is 5.29. The van der Waals surface area contributed by atoms with E-state index in [0.717, 1.165) is 33.9 Å². The third kappa shape index (κ3) is 2.69. The first-order valence-corrected chi connectivity index (χ1v) is 8.27. The molecule has 1 aliphatic carbocycles. The van der Waals surface area contributed by atoms with Crippen LogP contribution in [0.2, 0.25) is 0 Å². The number of aliphatic hydroxyl groups excluding tert-OH is 1. The van der Waals surface area contributed by atoms with Crippen molar-refractivity contribution >= 4 is 27.0 Å². The summed E-state index contributed by atoms with van der Waals surface area (Å²) < 4.78 is 0.846. The Morgan fingerprint density at radius 3 is 2.62 bits per heavy atom. The molecule has 4 nitrogen and oxygen atoms in total. The highest BCUT2D eigenvalue weighted by molar-refractivity contribution is 9.10. The average Bonchev–Trinajstić information content (AvgIpc) is 2.75. The summed E-state index contributed by atoms with van der Waals surface area (Å²) in [6, 6.07) is 3.74. The first-order chi connectivity index (χ1) is 9.88. The van der Waals surface area contributed by atoms with Crippen LogP contribution in [0.4, 0.5) is 0 Å². The van der Waals surface area contributed by atoms with Crippen LogP contribution in [-0.4, -0.2) is 15.1 Å². The van der Waals surface area contributed by atoms with Gasteiger partial charge in [0.1, 0.15) is 0 Å². The maximum absolute atomic E-state index is 11.4. The summed E-state index contributed by atoms with van der Waals surface area (Å²) in [4.78, 5) is 16.9. The van der Waals surface area contributed by atoms with Gasteiger partial charge in [-0.25, -0.2) is 4.79 Å². The van der Waals surface area contributed by atoms with Gasteiger partial charge in [-0.3, -0.25) is 0 Å². The Morgan fingerprint density at radius 1 is 1.29 bits per heavy atom. The summed E-state index contributed by atoms with van der Waals surface area (Å²) in [5.41, 5.74) is 2.27. The van der Waals surface area contributed by atoms with E-state index in [9.17, 15) is 9.90 Å². The van der Waals surface area contributed by atoms with E-state index >= 15 is 0 Å². The fourth-order valence-electron chi connectivity index (χ4n) is 3.62. The molecule has 21 heavy (non-hydrogen) atoms. The van der Waals surface area contributed by atoms with Crippen LogP contribution in [-0.2, 0) is 0 Å². The Balaban J connectivity index is 2.02. The number of aromatic nitrogens is 2. The van der Waals surface area contributed by atoms with Crippen molar-refractivity contribution in [1.29, 1.82) is 0 Å². The highest BCUT2D eigenvalue weighted by Gasteiger charge is 2.38. The van der Waals surface area contributed by atoms with Gasteiger partial charge in [0.05, 0.1) is 17.1 Å². The molecule has 2 atom stereocenters. The fourth-order valence-corrected chi connectivity index (χ4v) is 4.20. The van der Waals surface area contributed by atoms with Gasteiger partial charge in [0, 0.05) is 4.47 Å². The van der Waals surface area contributed by atoms with E-state index in [0.29, 0.717) is 0 Å². The molecule has 114 valence electrons. The first kappa shape index (κ1) is 14.9. The van der Waals surface area contributed by atoms with Crippen LogP contribution in [0.1, 0.15) is 51.2 Å². The summed E-state index contributed by atoms with van der Waals surface area (Å²) in [5, 5.41) is 10.9. The van der Waals surface area contributed by atoms with E-state index in [2.05, 4.69) is 39.7 Å². The Morgan fingerprint density at radius 2 is 1.95 bits per heavy atom. The molecule has 0 spiro atoms. The van der Waals surface area contributed by atoms with Gasteiger partial charge in [0.2, 0.25) is 0 Å². The summed E-state index contributed by atoms with van der Waals surface area (Å²) in [6.07, 6.45) is 4.09. The summed E-state index contributed by atoms with van der Waals surface area (Å²) in [6.45, 7) is 4.48. The molecule has 1 aromatic heterocycles. The molecule has 1 fully saturated rings. The summed E-state index contributed by atoms with van der Waals surface area (Å²) >= 11 is 3.54. The maximum Gasteiger partial charge on any atom is 0.323 e. The lowest BCUT2D eigenvalue weighted by Crippen LogP contribution is -2.32. The molecule has 0 amide bonds. The molecule has 0 bridgehead atoms. The smallest absolute Gasteiger partial charge is 0.323 e. The van der Waals surface area contributed by atoms with Gasteiger partial charge >= 0.3 is 5.69 Å². The normalized spacial score (nSPS) is 23.3. The van der Waals surface area contributed by atoms with Gasteiger partial charge in [-0.2, -0.15) is 0 Å². The molecule has 5 heteroatoms. The van der Waals surface area contributed by atoms with Crippen LogP contribution in [0.5, 0.6) is 0 Å². The van der Waals surface area contributed by atoms with Crippen molar-refractivity contribution in [2.75, 3.05) is 0 Å². The Hall–Kier alpha value is -1.07. The van der Waals surface area contributed by atoms with Crippen molar-refractivity contribution in [1.82, 2.24) is 9.97 Å². The molecule has 2 unspecified atom stereocenters. The molecule has 1 saturated carbocycles. The zero-order valence-corrected chi connectivity index (χ0v) is 14.0. The summed E-state index contributed by atoms with van der Waals surface area (Å²) in [5.74, 6) is 0.241. The van der Waals surface area contributed by atoms with Crippen LogP contribution in [0, 0.1) is 11.3 Å². The predicted molar refractivity (Wildman–Crippen MR) is 87.3 cm³/mol. The van der Waals surface area contributed by atoms with Gasteiger partial charge in [0.15, 0.2) is 0 Å². The number of H-pyrrole nitrogens is 2. The minimum Gasteiger partial charge on any atom is -0.388 e. The number of fused-ring (bicyclic) bond motifs is 1. The second-order valence-electron chi connectivity index (χ2n) is 6.78. The molecule has 1 aromatic carbocycles. The molecule has 0 saturated heterocycles. The lowest BCUT2D eigenvalue weighted by molar-refractivity contribution is 0.00353. The highest BCUT2D eigenvalue weighted by atomic mass is 79.9. The Labute approximate surface area is 132 Å². The van der Waals surface area contributed by atoms with Gasteiger partial charge in [-0.1, -0.05) is 42.6 Å². The van der Waals surface area contributed by atoms with E-state index in [4.69, 9.17) is 0 Å². The standard InChI is InChI=1S/C16H21BrN2O2/c1-16(2)6-4-3-5-10(16)14(20)9-7-12-13(8-11(9)17)19-15(21)18-12/h7-8,10,14,20H,3-6H2,1-2H3,(H2,18,19,21). The summed E-state index contributed by atoms with van der Waals surface area (Å²) in [7, 11) is 0. The number of hydrogen-bond acceptors (Lipinski definition) is 2. The van der Waals surface area contributed by atoms with Crippen molar-refractivity contribution < 1.29 is 5.11 Å². The number of imidazole rings is 1. The van der Waals surface area contributed by atoms with E-state index in [-0.39, 0.29) is 17.0 Å². The largest absolute Gasteiger partial charge is 0.388 e. The van der Waals surface area contributed by atoms with Gasteiger partial charge in [-0.15, -0.1) is 0 Å². The van der Waals surface area contributed by atoms with E-state index in [1.54, 1.807) is 0 Å². The third-order valence-electron chi connectivity index (χ3n) is 4.92. The number of aromatic amines is 2. The zero-order valence-electron chi connectivity index (χ0n) is 12.4. The average molecular weight is 353 g/mol. The van der Waals surface area contributed by atoms with Crippen LogP contribution >= 0.6 is 15.9 Å². The Bertz CT molecular complexity index is 717. The number of aliphatic hydroxyl groups is 1. The third-order valence-corrected chi connectivity index (χ3v) is 5.61. The number of hydrogen-bond donors (Lipinski definition) is 3. The molecule has 3 N–H and O–H groups in total. The van der Waals surface area contributed by atoms with Crippen LogP contribution in [0.3, 0.4) is 0 Å². The number of rotatable bonds is 2. The molecule has 2 aromatic rings. The van der Waals surface area contributed by atoms with Crippen LogP contribution in [0.15, 0.2) is 21.4 Å². The van der Waals surface area contributed by atoms with E-state index in [1.807, 2.05) is 12.1 Å². The highest BCUT2D eigenvalue weighted by Crippen LogP contribution is 2.48. The number of benzene rings is 1. The van der Waals surface area contributed by atoms with Crippen molar-refractivity contribution in [3.8, 4) is 0 Å². The minimum absolute atomic E-state index is 0.137. The van der Waals surface area contributed by atoms with Gasteiger partial charge in [-0.05, 0) is 41.9 Å². The van der Waals surface area contributed by atoms with Crippen molar-refractivity contribution in [3.63, 3.8) is 0 Å². The first-order valence-electron chi connectivity index (χ1n) is 7.48. The molecular weight excluding hydrogens is 332 g/mol. The monoisotopic (exact) mass is 352 g/mol. The minimum atomic E-state index is -0.516. The number of nitrogens with one attached hydrogen (secondary N) is 2. The molecule has 0 aliphatic heterocycles. The second-order valence-corrected chi connectivity index (χ2v) is 7.64. The van der Waals surface area contributed by atoms with E-state index in [1.165, 1.54) is 12.8 Å². The quantitative estimate of drug-likeness (QED) is 0.767. The van der Waals surface area contributed by atoms with Crippen LogP contribution in [0.25, 0.3) is 11.0 Å². The Kier molecular flexibility index (Phi) is 3.74. The maximum atomic E-state index is 11.4. The van der Waals surface area contributed by atoms with Gasteiger partial charge < -0.3 is 15.1 Å². The molecular formula is C16H21BrN2O2. The fraction of sp³-hybridized carbons (Fsp3) is 0.562. The van der Waals surface area contributed by atoms with Gasteiger partial charge in [0.25, 0.3) is 0 Å². The molecule has 0 radical (unpaired) electrons. The predicted octanol–water partition coefficient (Wildman–Crippen LogP) is 3.87. The van der Waals surface area contributed by atoms with Crippen molar-refractivity contribution in [2.24, 2.45) is 11.3 Å². The molecule has 3 rings (SSSR count). The SMILES string of the molecule is CC1(C)CCCCC1C(O)c1cc2[nH]c(=O)[nH]c2cc1Br. The lowest BCUT2D eigenvalue weighted by atomic mass is 9.65. The van der Waals surface area contributed by atoms with E-state index < -0.39 is 6.10 Å².